The van der Waals surface area contributed by atoms with Gasteiger partial charge in [0.25, 0.3) is 0 Å². The van der Waals surface area contributed by atoms with Crippen molar-refractivity contribution in [1.82, 2.24) is 9.78 Å². The Balaban J connectivity index is 2.44. The van der Waals surface area contributed by atoms with Crippen LogP contribution in [-0.4, -0.2) is 9.78 Å². The van der Waals surface area contributed by atoms with Crippen molar-refractivity contribution < 1.29 is 0 Å². The zero-order valence-electron chi connectivity index (χ0n) is 15.9. The minimum atomic E-state index is 0.187. The number of hydrogen-bond donors (Lipinski definition) is 1. The van der Waals surface area contributed by atoms with Crippen LogP contribution in [0.5, 0.6) is 0 Å². The van der Waals surface area contributed by atoms with Crippen LogP contribution in [0.25, 0.3) is 0 Å². The summed E-state index contributed by atoms with van der Waals surface area (Å²) in [7, 11) is 2.01. The highest BCUT2D eigenvalue weighted by atomic mass is 15.3. The highest BCUT2D eigenvalue weighted by Crippen LogP contribution is 2.35. The van der Waals surface area contributed by atoms with Gasteiger partial charge in [-0.15, -0.1) is 0 Å². The number of aryl methyl sites for hydroxylation is 1. The monoisotopic (exact) mass is 313 g/mol. The molecule has 0 bridgehead atoms. The minimum absolute atomic E-state index is 0.187. The van der Waals surface area contributed by atoms with E-state index in [0.29, 0.717) is 11.8 Å². The summed E-state index contributed by atoms with van der Waals surface area (Å²) in [5, 5.41) is 8.47. The predicted molar refractivity (Wildman–Crippen MR) is 99.3 cm³/mol. The molecule has 0 saturated heterocycles. The molecule has 0 aliphatic rings. The first-order valence-corrected chi connectivity index (χ1v) is 8.63. The van der Waals surface area contributed by atoms with Crippen molar-refractivity contribution in [2.24, 2.45) is 7.05 Å². The third kappa shape index (κ3) is 3.44. The summed E-state index contributed by atoms with van der Waals surface area (Å²) >= 11 is 0. The molecular formula is C20H31N3. The SMILES string of the molecule is Cc1c(C(C)Nc2c(C(C)C)cccc2C(C)C)nn(C)c1C. The van der Waals surface area contributed by atoms with E-state index in [1.807, 2.05) is 11.7 Å². The second-order valence-corrected chi connectivity index (χ2v) is 7.21. The van der Waals surface area contributed by atoms with Gasteiger partial charge in [0.15, 0.2) is 0 Å². The molecule has 1 aromatic carbocycles. The molecule has 1 unspecified atom stereocenters. The fourth-order valence-corrected chi connectivity index (χ4v) is 3.15. The number of hydrogen-bond acceptors (Lipinski definition) is 2. The summed E-state index contributed by atoms with van der Waals surface area (Å²) in [5.74, 6) is 0.991. The van der Waals surface area contributed by atoms with Crippen LogP contribution in [0.2, 0.25) is 0 Å². The molecule has 1 atom stereocenters. The van der Waals surface area contributed by atoms with E-state index >= 15 is 0 Å². The number of aromatic nitrogens is 2. The molecule has 1 N–H and O–H groups in total. The highest BCUT2D eigenvalue weighted by molar-refractivity contribution is 5.61. The largest absolute Gasteiger partial charge is 0.376 e. The van der Waals surface area contributed by atoms with Gasteiger partial charge in [0, 0.05) is 18.4 Å². The zero-order valence-corrected chi connectivity index (χ0v) is 15.9. The maximum atomic E-state index is 4.71. The maximum Gasteiger partial charge on any atom is 0.0875 e. The molecule has 2 rings (SSSR count). The normalized spacial score (nSPS) is 13.0. The number of anilines is 1. The molecule has 3 nitrogen and oxygen atoms in total. The zero-order chi connectivity index (χ0) is 17.3. The van der Waals surface area contributed by atoms with Crippen LogP contribution in [0, 0.1) is 13.8 Å². The summed E-state index contributed by atoms with van der Waals surface area (Å²) in [6.07, 6.45) is 0. The van der Waals surface area contributed by atoms with Gasteiger partial charge >= 0.3 is 0 Å². The lowest BCUT2D eigenvalue weighted by atomic mass is 9.92. The third-order valence-electron chi connectivity index (χ3n) is 4.81. The van der Waals surface area contributed by atoms with Crippen LogP contribution in [0.4, 0.5) is 5.69 Å². The highest BCUT2D eigenvalue weighted by Gasteiger charge is 2.19. The van der Waals surface area contributed by atoms with Crippen molar-refractivity contribution in [3.63, 3.8) is 0 Å². The molecule has 1 aromatic heterocycles. The van der Waals surface area contributed by atoms with E-state index < -0.39 is 0 Å². The fourth-order valence-electron chi connectivity index (χ4n) is 3.15. The third-order valence-corrected chi connectivity index (χ3v) is 4.81. The number of benzene rings is 1. The molecule has 126 valence electrons. The number of nitrogens with one attached hydrogen (secondary N) is 1. The van der Waals surface area contributed by atoms with Crippen LogP contribution in [0.15, 0.2) is 18.2 Å². The summed E-state index contributed by atoms with van der Waals surface area (Å²) < 4.78 is 1.97. The number of rotatable bonds is 5. The van der Waals surface area contributed by atoms with Gasteiger partial charge in [-0.2, -0.15) is 5.10 Å². The van der Waals surface area contributed by atoms with Crippen molar-refractivity contribution in [1.29, 1.82) is 0 Å². The van der Waals surface area contributed by atoms with Crippen molar-refractivity contribution in [2.45, 2.75) is 66.3 Å². The molecule has 2 aromatic rings. The molecule has 0 amide bonds. The summed E-state index contributed by atoms with van der Waals surface area (Å²) in [6, 6.07) is 6.84. The van der Waals surface area contributed by atoms with E-state index in [4.69, 9.17) is 5.10 Å². The average Bonchev–Trinajstić information content (AvgIpc) is 2.74. The Kier molecular flexibility index (Phi) is 5.18. The lowest BCUT2D eigenvalue weighted by Gasteiger charge is -2.24. The van der Waals surface area contributed by atoms with Gasteiger partial charge in [-0.05, 0) is 49.3 Å². The molecule has 1 heterocycles. The summed E-state index contributed by atoms with van der Waals surface area (Å²) in [6.45, 7) is 15.5. The lowest BCUT2D eigenvalue weighted by molar-refractivity contribution is 0.700. The van der Waals surface area contributed by atoms with E-state index in [-0.39, 0.29) is 6.04 Å². The first-order chi connectivity index (χ1) is 10.7. The molecule has 0 fully saturated rings. The van der Waals surface area contributed by atoms with Crippen molar-refractivity contribution >= 4 is 5.69 Å². The first-order valence-electron chi connectivity index (χ1n) is 8.63. The van der Waals surface area contributed by atoms with Crippen LogP contribution in [0.1, 0.15) is 80.6 Å². The summed E-state index contributed by atoms with van der Waals surface area (Å²) in [4.78, 5) is 0. The summed E-state index contributed by atoms with van der Waals surface area (Å²) in [5.41, 5.74) is 7.70. The minimum Gasteiger partial charge on any atom is -0.376 e. The Bertz CT molecular complexity index is 654. The van der Waals surface area contributed by atoms with Crippen molar-refractivity contribution in [3.05, 3.63) is 46.3 Å². The Morgan fingerprint density at radius 2 is 1.48 bits per heavy atom. The standard InChI is InChI=1S/C20H31N3/c1-12(2)17-10-9-11-18(13(3)4)20(17)21-15(6)19-14(5)16(7)23(8)22-19/h9-13,15,21H,1-8H3. The Hall–Kier alpha value is -1.77. The van der Waals surface area contributed by atoms with E-state index in [1.165, 1.54) is 28.1 Å². The molecule has 0 aliphatic carbocycles. The molecule has 3 heteroatoms. The first kappa shape index (κ1) is 17.6. The van der Waals surface area contributed by atoms with E-state index in [0.717, 1.165) is 5.69 Å². The van der Waals surface area contributed by atoms with Gasteiger partial charge in [-0.25, -0.2) is 0 Å². The van der Waals surface area contributed by atoms with Crippen LogP contribution in [-0.2, 0) is 7.05 Å². The van der Waals surface area contributed by atoms with Gasteiger partial charge in [0.2, 0.25) is 0 Å². The topological polar surface area (TPSA) is 29.9 Å². The van der Waals surface area contributed by atoms with Crippen LogP contribution < -0.4 is 5.32 Å². The average molecular weight is 313 g/mol. The van der Waals surface area contributed by atoms with Crippen LogP contribution >= 0.6 is 0 Å². The number of nitrogens with zero attached hydrogens (tertiary/aromatic N) is 2. The molecule has 0 spiro atoms. The van der Waals surface area contributed by atoms with Gasteiger partial charge in [0.05, 0.1) is 11.7 Å². The smallest absolute Gasteiger partial charge is 0.0875 e. The fraction of sp³-hybridized carbons (Fsp3) is 0.550. The quantitative estimate of drug-likeness (QED) is 0.794. The van der Waals surface area contributed by atoms with Crippen LogP contribution in [0.3, 0.4) is 0 Å². The second-order valence-electron chi connectivity index (χ2n) is 7.21. The molecule has 0 saturated carbocycles. The Morgan fingerprint density at radius 1 is 0.957 bits per heavy atom. The lowest BCUT2D eigenvalue weighted by Crippen LogP contribution is -2.13. The van der Waals surface area contributed by atoms with E-state index in [9.17, 15) is 0 Å². The van der Waals surface area contributed by atoms with Gasteiger partial charge < -0.3 is 5.32 Å². The van der Waals surface area contributed by atoms with E-state index in [2.05, 4.69) is 72.0 Å². The molecule has 0 aliphatic heterocycles. The Morgan fingerprint density at radius 3 is 1.87 bits per heavy atom. The van der Waals surface area contributed by atoms with Gasteiger partial charge in [0.1, 0.15) is 0 Å². The van der Waals surface area contributed by atoms with E-state index in [1.54, 1.807) is 0 Å². The predicted octanol–water partition coefficient (Wildman–Crippen LogP) is 5.46. The molecule has 0 radical (unpaired) electrons. The van der Waals surface area contributed by atoms with Crippen molar-refractivity contribution in [2.75, 3.05) is 5.32 Å². The van der Waals surface area contributed by atoms with Gasteiger partial charge in [-0.1, -0.05) is 45.9 Å². The second kappa shape index (κ2) is 6.77. The molecular weight excluding hydrogens is 282 g/mol. The molecule has 23 heavy (non-hydrogen) atoms. The van der Waals surface area contributed by atoms with Crippen molar-refractivity contribution in [3.8, 4) is 0 Å². The maximum absolute atomic E-state index is 4.71. The van der Waals surface area contributed by atoms with Gasteiger partial charge in [-0.3, -0.25) is 4.68 Å². The Labute approximate surface area is 141 Å². The number of para-hydroxylation sites is 1.